The van der Waals surface area contributed by atoms with Gasteiger partial charge in [-0.05, 0) is 31.2 Å². The summed E-state index contributed by atoms with van der Waals surface area (Å²) >= 11 is 1.19. The van der Waals surface area contributed by atoms with Gasteiger partial charge in [0.25, 0.3) is 5.69 Å². The lowest BCUT2D eigenvalue weighted by Crippen LogP contribution is -2.01. The predicted octanol–water partition coefficient (Wildman–Crippen LogP) is 2.67. The fourth-order valence-electron chi connectivity index (χ4n) is 1.45. The average Bonchev–Trinajstić information content (AvgIpc) is 2.41. The maximum atomic E-state index is 10.9. The molecule has 0 spiro atoms. The number of nitrogens with one attached hydrogen (secondary N) is 1. The third-order valence-electron chi connectivity index (χ3n) is 2.31. The number of hydrogen-bond donors (Lipinski definition) is 1. The summed E-state index contributed by atoms with van der Waals surface area (Å²) in [6.07, 6.45) is 3.38. The van der Waals surface area contributed by atoms with Gasteiger partial charge in [-0.2, -0.15) is 0 Å². The lowest BCUT2D eigenvalue weighted by atomic mass is 10.4. The molecule has 0 amide bonds. The van der Waals surface area contributed by atoms with Crippen molar-refractivity contribution in [1.82, 2.24) is 15.0 Å². The molecule has 0 saturated carbocycles. The third-order valence-corrected chi connectivity index (χ3v) is 3.12. The minimum atomic E-state index is -0.442. The molecule has 0 aliphatic heterocycles. The molecule has 0 aromatic carbocycles. The van der Waals surface area contributed by atoms with E-state index in [4.69, 9.17) is 0 Å². The summed E-state index contributed by atoms with van der Waals surface area (Å²) in [5, 5.41) is 14.9. The Morgan fingerprint density at radius 1 is 1.35 bits per heavy atom. The van der Waals surface area contributed by atoms with Crippen molar-refractivity contribution in [3.8, 4) is 0 Å². The molecule has 8 heteroatoms. The predicted molar refractivity (Wildman–Crippen MR) is 75.9 cm³/mol. The van der Waals surface area contributed by atoms with Gasteiger partial charge in [0.2, 0.25) is 0 Å². The summed E-state index contributed by atoms with van der Waals surface area (Å²) in [5.74, 6) is 0.469. The van der Waals surface area contributed by atoms with Crippen LogP contribution in [0.2, 0.25) is 0 Å². The fraction of sp³-hybridized carbons (Fsp3) is 0.250. The monoisotopic (exact) mass is 291 g/mol. The minimum Gasteiger partial charge on any atom is -0.370 e. The van der Waals surface area contributed by atoms with Crippen molar-refractivity contribution in [1.29, 1.82) is 0 Å². The Kier molecular flexibility index (Phi) is 4.46. The van der Waals surface area contributed by atoms with Crippen LogP contribution in [0, 0.1) is 17.0 Å². The maximum absolute atomic E-state index is 10.9. The van der Waals surface area contributed by atoms with Crippen molar-refractivity contribution in [3.63, 3.8) is 0 Å². The number of hydrogen-bond acceptors (Lipinski definition) is 7. The minimum absolute atomic E-state index is 0.00874. The van der Waals surface area contributed by atoms with Crippen molar-refractivity contribution in [2.45, 2.75) is 24.0 Å². The van der Waals surface area contributed by atoms with Crippen molar-refractivity contribution >= 4 is 23.3 Å². The zero-order valence-electron chi connectivity index (χ0n) is 11.0. The number of nitrogens with zero attached hydrogens (tertiary/aromatic N) is 4. The standard InChI is InChI=1S/C12H13N5O2S/c1-3-13-10-4-9(17(18)19)5-11(16-10)20-12-14-6-8(2)7-15-12/h4-7H,3H2,1-2H3,(H,13,16). The molecule has 2 heterocycles. The SMILES string of the molecule is CCNc1cc([N+](=O)[O-])cc(Sc2ncc(C)cn2)n1. The zero-order chi connectivity index (χ0) is 14.5. The van der Waals surface area contributed by atoms with Gasteiger partial charge in [-0.25, -0.2) is 15.0 Å². The summed E-state index contributed by atoms with van der Waals surface area (Å²) in [4.78, 5) is 23.1. The first kappa shape index (κ1) is 14.2. The van der Waals surface area contributed by atoms with Gasteiger partial charge in [-0.3, -0.25) is 10.1 Å². The van der Waals surface area contributed by atoms with E-state index in [0.29, 0.717) is 22.5 Å². The zero-order valence-corrected chi connectivity index (χ0v) is 11.8. The first-order valence-corrected chi connectivity index (χ1v) is 6.77. The van der Waals surface area contributed by atoms with E-state index >= 15 is 0 Å². The smallest absolute Gasteiger partial charge is 0.275 e. The topological polar surface area (TPSA) is 93.8 Å². The van der Waals surface area contributed by atoms with Gasteiger partial charge >= 0.3 is 0 Å². The molecule has 0 aliphatic rings. The number of rotatable bonds is 5. The Balaban J connectivity index is 2.29. The van der Waals surface area contributed by atoms with Crippen LogP contribution in [-0.4, -0.2) is 26.4 Å². The number of anilines is 1. The molecule has 7 nitrogen and oxygen atoms in total. The molecule has 0 bridgehead atoms. The molecule has 2 aromatic rings. The Hall–Kier alpha value is -2.22. The highest BCUT2D eigenvalue weighted by Gasteiger charge is 2.12. The van der Waals surface area contributed by atoms with Gasteiger partial charge in [-0.1, -0.05) is 0 Å². The van der Waals surface area contributed by atoms with Crippen LogP contribution in [-0.2, 0) is 0 Å². The van der Waals surface area contributed by atoms with E-state index in [1.165, 1.54) is 23.9 Å². The van der Waals surface area contributed by atoms with Crippen LogP contribution >= 0.6 is 11.8 Å². The van der Waals surface area contributed by atoms with Crippen LogP contribution in [0.4, 0.5) is 11.5 Å². The number of nitro groups is 1. The summed E-state index contributed by atoms with van der Waals surface area (Å²) in [7, 11) is 0. The molecular weight excluding hydrogens is 278 g/mol. The van der Waals surface area contributed by atoms with Gasteiger partial charge in [0.15, 0.2) is 5.16 Å². The van der Waals surface area contributed by atoms with E-state index in [0.717, 1.165) is 5.56 Å². The van der Waals surface area contributed by atoms with E-state index in [2.05, 4.69) is 20.3 Å². The largest absolute Gasteiger partial charge is 0.370 e. The summed E-state index contributed by atoms with van der Waals surface area (Å²) in [6, 6.07) is 2.82. The van der Waals surface area contributed by atoms with Crippen molar-refractivity contribution < 1.29 is 4.92 Å². The third kappa shape index (κ3) is 3.64. The average molecular weight is 291 g/mol. The lowest BCUT2D eigenvalue weighted by Gasteiger charge is -2.05. The Labute approximate surface area is 120 Å². The van der Waals surface area contributed by atoms with E-state index < -0.39 is 4.92 Å². The molecule has 0 saturated heterocycles. The first-order valence-electron chi connectivity index (χ1n) is 5.95. The molecule has 104 valence electrons. The van der Waals surface area contributed by atoms with Gasteiger partial charge < -0.3 is 5.32 Å². The lowest BCUT2D eigenvalue weighted by molar-refractivity contribution is -0.385. The first-order chi connectivity index (χ1) is 9.58. The second kappa shape index (κ2) is 6.29. The summed E-state index contributed by atoms with van der Waals surface area (Å²) in [5.41, 5.74) is 0.945. The molecule has 20 heavy (non-hydrogen) atoms. The van der Waals surface area contributed by atoms with E-state index in [9.17, 15) is 10.1 Å². The van der Waals surface area contributed by atoms with Gasteiger partial charge in [0.1, 0.15) is 10.8 Å². The van der Waals surface area contributed by atoms with Crippen LogP contribution in [0.25, 0.3) is 0 Å². The summed E-state index contributed by atoms with van der Waals surface area (Å²) in [6.45, 7) is 4.43. The quantitative estimate of drug-likeness (QED) is 0.514. The molecular formula is C12H13N5O2S. The molecule has 0 atom stereocenters. The van der Waals surface area contributed by atoms with Crippen LogP contribution in [0.5, 0.6) is 0 Å². The Morgan fingerprint density at radius 2 is 2.05 bits per heavy atom. The van der Waals surface area contributed by atoms with Gasteiger partial charge in [0, 0.05) is 25.0 Å². The van der Waals surface area contributed by atoms with E-state index in [1.54, 1.807) is 12.4 Å². The highest BCUT2D eigenvalue weighted by Crippen LogP contribution is 2.28. The highest BCUT2D eigenvalue weighted by atomic mass is 32.2. The fourth-order valence-corrected chi connectivity index (χ4v) is 2.17. The Bertz CT molecular complexity index is 618. The van der Waals surface area contributed by atoms with Crippen LogP contribution in [0.1, 0.15) is 12.5 Å². The van der Waals surface area contributed by atoms with Crippen LogP contribution in [0.3, 0.4) is 0 Å². The Morgan fingerprint density at radius 3 is 2.65 bits per heavy atom. The normalized spacial score (nSPS) is 10.3. The second-order valence-electron chi connectivity index (χ2n) is 3.98. The van der Waals surface area contributed by atoms with Crippen LogP contribution < -0.4 is 5.32 Å². The number of aromatic nitrogens is 3. The maximum Gasteiger partial charge on any atom is 0.275 e. The van der Waals surface area contributed by atoms with Crippen LogP contribution in [0.15, 0.2) is 34.7 Å². The molecule has 0 aliphatic carbocycles. The number of pyridine rings is 1. The second-order valence-corrected chi connectivity index (χ2v) is 4.97. The van der Waals surface area contributed by atoms with Crippen molar-refractivity contribution in [2.75, 3.05) is 11.9 Å². The molecule has 1 N–H and O–H groups in total. The molecule has 0 radical (unpaired) electrons. The van der Waals surface area contributed by atoms with Gasteiger partial charge in [0.05, 0.1) is 11.0 Å². The highest BCUT2D eigenvalue weighted by molar-refractivity contribution is 7.99. The molecule has 2 rings (SSSR count). The van der Waals surface area contributed by atoms with E-state index in [1.807, 2.05) is 13.8 Å². The van der Waals surface area contributed by atoms with E-state index in [-0.39, 0.29) is 5.69 Å². The van der Waals surface area contributed by atoms with Gasteiger partial charge in [-0.15, -0.1) is 0 Å². The molecule has 0 unspecified atom stereocenters. The van der Waals surface area contributed by atoms with Crippen molar-refractivity contribution in [3.05, 3.63) is 40.2 Å². The number of aryl methyl sites for hydroxylation is 1. The van der Waals surface area contributed by atoms with Crippen molar-refractivity contribution in [2.24, 2.45) is 0 Å². The molecule has 2 aromatic heterocycles. The summed E-state index contributed by atoms with van der Waals surface area (Å²) < 4.78 is 0. The molecule has 0 fully saturated rings.